The predicted molar refractivity (Wildman–Crippen MR) is 79.9 cm³/mol. The number of hydrogen-bond acceptors (Lipinski definition) is 4. The van der Waals surface area contributed by atoms with E-state index < -0.39 is 10.0 Å². The van der Waals surface area contributed by atoms with Gasteiger partial charge < -0.3 is 4.90 Å². The molecule has 1 aromatic rings. The molecule has 106 valence electrons. The number of rotatable bonds is 3. The van der Waals surface area contributed by atoms with Crippen molar-refractivity contribution in [3.63, 3.8) is 0 Å². The van der Waals surface area contributed by atoms with Crippen LogP contribution in [0, 0.1) is 6.92 Å². The van der Waals surface area contributed by atoms with Crippen molar-refractivity contribution in [2.45, 2.75) is 25.8 Å². The van der Waals surface area contributed by atoms with Gasteiger partial charge >= 0.3 is 0 Å². The third kappa shape index (κ3) is 4.15. The number of halogens is 1. The Labute approximate surface area is 122 Å². The van der Waals surface area contributed by atoms with Gasteiger partial charge in [-0.1, -0.05) is 0 Å². The number of sulfonamides is 1. The van der Waals surface area contributed by atoms with E-state index in [4.69, 9.17) is 0 Å². The second-order valence-electron chi connectivity index (χ2n) is 4.95. The first-order valence-corrected chi connectivity index (χ1v) is 8.88. The molecule has 1 N–H and O–H groups in total. The van der Waals surface area contributed by atoms with E-state index >= 15 is 0 Å². The van der Waals surface area contributed by atoms with Gasteiger partial charge in [0.25, 0.3) is 0 Å². The molecule has 1 fully saturated rings. The Hall–Kier alpha value is -0.660. The fraction of sp³-hybridized carbons (Fsp3) is 0.583. The third-order valence-corrected chi connectivity index (χ3v) is 4.39. The van der Waals surface area contributed by atoms with Crippen molar-refractivity contribution in [1.29, 1.82) is 0 Å². The number of hydrogen-bond donors (Lipinski definition) is 1. The van der Waals surface area contributed by atoms with Crippen LogP contribution in [0.15, 0.2) is 16.7 Å². The summed E-state index contributed by atoms with van der Waals surface area (Å²) in [5.74, 6) is 0.987. The molecule has 0 saturated carbocycles. The summed E-state index contributed by atoms with van der Waals surface area (Å²) in [5, 5.41) is 0. The average molecular weight is 348 g/mol. The highest BCUT2D eigenvalue weighted by Crippen LogP contribution is 2.23. The molecule has 0 radical (unpaired) electrons. The Morgan fingerprint density at radius 1 is 1.42 bits per heavy atom. The average Bonchev–Trinajstić information content (AvgIpc) is 2.28. The molecule has 1 aliphatic heterocycles. The summed E-state index contributed by atoms with van der Waals surface area (Å²) in [4.78, 5) is 6.65. The number of aromatic nitrogens is 1. The molecular formula is C12H18BrN3O2S. The van der Waals surface area contributed by atoms with Gasteiger partial charge in [0.15, 0.2) is 0 Å². The van der Waals surface area contributed by atoms with Crippen molar-refractivity contribution in [3.05, 3.63) is 22.3 Å². The molecule has 0 bridgehead atoms. The summed E-state index contributed by atoms with van der Waals surface area (Å²) in [6, 6.07) is 2.09. The first-order valence-electron chi connectivity index (χ1n) is 6.19. The minimum absolute atomic E-state index is 0.0435. The molecule has 0 spiro atoms. The van der Waals surface area contributed by atoms with Crippen LogP contribution in [0.25, 0.3) is 0 Å². The monoisotopic (exact) mass is 347 g/mol. The van der Waals surface area contributed by atoms with Gasteiger partial charge in [-0.05, 0) is 47.3 Å². The molecule has 0 amide bonds. The van der Waals surface area contributed by atoms with Crippen LogP contribution in [0.3, 0.4) is 0 Å². The van der Waals surface area contributed by atoms with Crippen molar-refractivity contribution >= 4 is 31.8 Å². The quantitative estimate of drug-likeness (QED) is 0.903. The maximum Gasteiger partial charge on any atom is 0.208 e. The lowest BCUT2D eigenvalue weighted by atomic mass is 10.1. The zero-order chi connectivity index (χ0) is 14.0. The highest BCUT2D eigenvalue weighted by molar-refractivity contribution is 9.10. The van der Waals surface area contributed by atoms with Crippen molar-refractivity contribution in [1.82, 2.24) is 9.71 Å². The van der Waals surface area contributed by atoms with E-state index in [9.17, 15) is 8.42 Å². The molecule has 0 aromatic carbocycles. The lowest BCUT2D eigenvalue weighted by Gasteiger charge is -2.33. The van der Waals surface area contributed by atoms with Gasteiger partial charge in [0.1, 0.15) is 5.82 Å². The molecule has 1 aromatic heterocycles. The largest absolute Gasteiger partial charge is 0.356 e. The van der Waals surface area contributed by atoms with Crippen LogP contribution in [0.1, 0.15) is 18.4 Å². The lowest BCUT2D eigenvalue weighted by Crippen LogP contribution is -2.44. The highest BCUT2D eigenvalue weighted by atomic mass is 79.9. The van der Waals surface area contributed by atoms with Crippen LogP contribution < -0.4 is 9.62 Å². The molecule has 0 unspecified atom stereocenters. The summed E-state index contributed by atoms with van der Waals surface area (Å²) >= 11 is 3.41. The van der Waals surface area contributed by atoms with Gasteiger partial charge in [-0.25, -0.2) is 18.1 Å². The lowest BCUT2D eigenvalue weighted by molar-refractivity contribution is 0.459. The number of piperidine rings is 1. The maximum absolute atomic E-state index is 11.2. The van der Waals surface area contributed by atoms with Crippen LogP contribution in [0.4, 0.5) is 5.82 Å². The summed E-state index contributed by atoms with van der Waals surface area (Å²) < 4.78 is 26.0. The Balaban J connectivity index is 2.00. The Kier molecular flexibility index (Phi) is 4.47. The van der Waals surface area contributed by atoms with Gasteiger partial charge in [-0.3, -0.25) is 0 Å². The Morgan fingerprint density at radius 3 is 2.58 bits per heavy atom. The zero-order valence-corrected chi connectivity index (χ0v) is 13.5. The SMILES string of the molecule is Cc1cc(Br)cnc1N1CCC(NS(C)(=O)=O)CC1. The van der Waals surface area contributed by atoms with Gasteiger partial charge in [0.2, 0.25) is 10.0 Å². The second-order valence-corrected chi connectivity index (χ2v) is 7.64. The van der Waals surface area contributed by atoms with Crippen molar-refractivity contribution in [2.75, 3.05) is 24.2 Å². The van der Waals surface area contributed by atoms with Crippen LogP contribution >= 0.6 is 15.9 Å². The number of anilines is 1. The molecule has 2 heterocycles. The molecule has 0 atom stereocenters. The zero-order valence-electron chi connectivity index (χ0n) is 11.1. The molecule has 0 aliphatic carbocycles. The summed E-state index contributed by atoms with van der Waals surface area (Å²) in [6.07, 6.45) is 4.62. The Morgan fingerprint density at radius 2 is 2.05 bits per heavy atom. The smallest absolute Gasteiger partial charge is 0.208 e. The topological polar surface area (TPSA) is 62.3 Å². The Bertz CT molecular complexity index is 554. The summed E-state index contributed by atoms with van der Waals surface area (Å²) in [5.41, 5.74) is 1.13. The van der Waals surface area contributed by atoms with E-state index in [-0.39, 0.29) is 6.04 Å². The van der Waals surface area contributed by atoms with Gasteiger partial charge in [0, 0.05) is 29.8 Å². The number of nitrogens with one attached hydrogen (secondary N) is 1. The van der Waals surface area contributed by atoms with Gasteiger partial charge in [-0.15, -0.1) is 0 Å². The minimum atomic E-state index is -3.11. The fourth-order valence-corrected chi connectivity index (χ4v) is 3.66. The van der Waals surface area contributed by atoms with E-state index in [1.165, 1.54) is 6.26 Å². The van der Waals surface area contributed by atoms with Gasteiger partial charge in [0.05, 0.1) is 6.26 Å². The van der Waals surface area contributed by atoms with E-state index in [2.05, 4.69) is 30.5 Å². The first kappa shape index (κ1) is 14.7. The number of aryl methyl sites for hydroxylation is 1. The third-order valence-electron chi connectivity index (χ3n) is 3.19. The van der Waals surface area contributed by atoms with Crippen LogP contribution in [0.2, 0.25) is 0 Å². The van der Waals surface area contributed by atoms with E-state index in [1.54, 1.807) is 6.20 Å². The van der Waals surface area contributed by atoms with Crippen LogP contribution in [0.5, 0.6) is 0 Å². The summed E-state index contributed by atoms with van der Waals surface area (Å²) in [7, 11) is -3.11. The predicted octanol–water partition coefficient (Wildman–Crippen LogP) is 1.67. The normalized spacial score (nSPS) is 17.7. The van der Waals surface area contributed by atoms with Crippen LogP contribution in [-0.4, -0.2) is 38.8 Å². The molecule has 5 nitrogen and oxygen atoms in total. The maximum atomic E-state index is 11.2. The molecule has 19 heavy (non-hydrogen) atoms. The second kappa shape index (κ2) is 5.76. The highest BCUT2D eigenvalue weighted by Gasteiger charge is 2.23. The van der Waals surface area contributed by atoms with Crippen molar-refractivity contribution < 1.29 is 8.42 Å². The number of pyridine rings is 1. The molecule has 7 heteroatoms. The molecule has 1 saturated heterocycles. The standard InChI is InChI=1S/C12H18BrN3O2S/c1-9-7-10(13)8-14-12(9)16-5-3-11(4-6-16)15-19(2,17)18/h7-8,11,15H,3-6H2,1-2H3. The first-order chi connectivity index (χ1) is 8.85. The molecule has 1 aliphatic rings. The van der Waals surface area contributed by atoms with E-state index in [1.807, 2.05) is 13.0 Å². The molecule has 2 rings (SSSR count). The van der Waals surface area contributed by atoms with E-state index in [0.29, 0.717) is 0 Å². The number of nitrogens with zero attached hydrogens (tertiary/aromatic N) is 2. The van der Waals surface area contributed by atoms with Crippen molar-refractivity contribution in [3.8, 4) is 0 Å². The van der Waals surface area contributed by atoms with E-state index in [0.717, 1.165) is 41.8 Å². The fourth-order valence-electron chi connectivity index (χ4n) is 2.38. The minimum Gasteiger partial charge on any atom is -0.356 e. The van der Waals surface area contributed by atoms with Crippen LogP contribution in [-0.2, 0) is 10.0 Å². The molecular weight excluding hydrogens is 330 g/mol. The summed E-state index contributed by atoms with van der Waals surface area (Å²) in [6.45, 7) is 3.68. The van der Waals surface area contributed by atoms with Gasteiger partial charge in [-0.2, -0.15) is 0 Å². The van der Waals surface area contributed by atoms with Crippen molar-refractivity contribution in [2.24, 2.45) is 0 Å².